The minimum atomic E-state index is -0.764. The van der Waals surface area contributed by atoms with Crippen molar-refractivity contribution in [3.8, 4) is 5.75 Å². The molecular formula is C31H34N2O4. The van der Waals surface area contributed by atoms with Crippen LogP contribution < -0.4 is 14.5 Å². The third-order valence-corrected chi connectivity index (χ3v) is 6.64. The molecule has 1 N–H and O–H groups in total. The summed E-state index contributed by atoms with van der Waals surface area (Å²) in [5.41, 5.74) is 3.89. The SMILES string of the molecule is CCCOc1cccc(/C(O)=C2/C(=O)C(=O)N(c3ccc(N(CC)CC)cc3)C2c2cccc(C)c2)c1. The first-order valence-electron chi connectivity index (χ1n) is 12.8. The van der Waals surface area contributed by atoms with E-state index in [1.165, 1.54) is 4.90 Å². The number of hydrogen-bond acceptors (Lipinski definition) is 5. The van der Waals surface area contributed by atoms with Crippen LogP contribution in [0.2, 0.25) is 0 Å². The van der Waals surface area contributed by atoms with Crippen molar-refractivity contribution in [2.45, 2.75) is 40.2 Å². The Hall–Kier alpha value is -4.06. The molecule has 0 spiro atoms. The van der Waals surface area contributed by atoms with E-state index in [2.05, 4.69) is 18.7 Å². The van der Waals surface area contributed by atoms with E-state index in [9.17, 15) is 14.7 Å². The fourth-order valence-electron chi connectivity index (χ4n) is 4.78. The van der Waals surface area contributed by atoms with Crippen molar-refractivity contribution in [1.29, 1.82) is 0 Å². The van der Waals surface area contributed by atoms with Gasteiger partial charge in [-0.05, 0) is 69.2 Å². The minimum absolute atomic E-state index is 0.0658. The summed E-state index contributed by atoms with van der Waals surface area (Å²) in [5, 5.41) is 11.4. The molecule has 37 heavy (non-hydrogen) atoms. The molecule has 3 aromatic carbocycles. The average Bonchev–Trinajstić information content (AvgIpc) is 3.18. The molecule has 6 nitrogen and oxygen atoms in total. The number of ether oxygens (including phenoxy) is 1. The second-order valence-electron chi connectivity index (χ2n) is 9.15. The van der Waals surface area contributed by atoms with E-state index in [0.717, 1.165) is 36.3 Å². The van der Waals surface area contributed by atoms with Gasteiger partial charge < -0.3 is 14.7 Å². The van der Waals surface area contributed by atoms with Gasteiger partial charge in [0, 0.05) is 30.0 Å². The number of aryl methyl sites for hydroxylation is 1. The lowest BCUT2D eigenvalue weighted by Crippen LogP contribution is -2.29. The topological polar surface area (TPSA) is 70.1 Å². The van der Waals surface area contributed by atoms with Crippen molar-refractivity contribution in [3.05, 3.63) is 95.1 Å². The zero-order valence-corrected chi connectivity index (χ0v) is 21.9. The molecule has 1 atom stereocenters. The van der Waals surface area contributed by atoms with Crippen molar-refractivity contribution >= 4 is 28.8 Å². The molecule has 1 unspecified atom stereocenters. The number of carbonyl (C=O) groups is 2. The Morgan fingerprint density at radius 2 is 1.65 bits per heavy atom. The minimum Gasteiger partial charge on any atom is -0.507 e. The quantitative estimate of drug-likeness (QED) is 0.214. The lowest BCUT2D eigenvalue weighted by molar-refractivity contribution is -0.132. The van der Waals surface area contributed by atoms with Crippen molar-refractivity contribution in [2.75, 3.05) is 29.5 Å². The summed E-state index contributed by atoms with van der Waals surface area (Å²) in [7, 11) is 0. The lowest BCUT2D eigenvalue weighted by Gasteiger charge is -2.27. The highest BCUT2D eigenvalue weighted by atomic mass is 16.5. The summed E-state index contributed by atoms with van der Waals surface area (Å²) in [6, 6.07) is 21.6. The molecule has 1 fully saturated rings. The maximum absolute atomic E-state index is 13.5. The van der Waals surface area contributed by atoms with Gasteiger partial charge in [0.1, 0.15) is 11.5 Å². The van der Waals surface area contributed by atoms with Crippen LogP contribution in [0.15, 0.2) is 78.4 Å². The van der Waals surface area contributed by atoms with Gasteiger partial charge in [0.05, 0.1) is 18.2 Å². The lowest BCUT2D eigenvalue weighted by atomic mass is 9.94. The Bertz CT molecular complexity index is 1310. The van der Waals surface area contributed by atoms with Crippen LogP contribution in [-0.4, -0.2) is 36.5 Å². The standard InChI is InChI=1S/C31H34N2O4/c1-5-18-37-26-13-9-12-23(20-26)29(34)27-28(22-11-8-10-21(4)19-22)33(31(36)30(27)35)25-16-14-24(15-17-25)32(6-2)7-3/h8-17,19-20,28,34H,5-7,18H2,1-4H3/b29-27-. The predicted molar refractivity (Wildman–Crippen MR) is 148 cm³/mol. The van der Waals surface area contributed by atoms with Gasteiger partial charge >= 0.3 is 0 Å². The van der Waals surface area contributed by atoms with Crippen LogP contribution in [0, 0.1) is 6.92 Å². The van der Waals surface area contributed by atoms with E-state index < -0.39 is 17.7 Å². The molecule has 1 aliphatic rings. The van der Waals surface area contributed by atoms with E-state index in [4.69, 9.17) is 4.74 Å². The van der Waals surface area contributed by atoms with E-state index in [1.807, 2.05) is 62.4 Å². The Balaban J connectivity index is 1.84. The molecule has 1 aliphatic heterocycles. The number of hydrogen-bond donors (Lipinski definition) is 1. The predicted octanol–water partition coefficient (Wildman–Crippen LogP) is 6.26. The number of benzene rings is 3. The van der Waals surface area contributed by atoms with Crippen LogP contribution >= 0.6 is 0 Å². The number of nitrogens with zero attached hydrogens (tertiary/aromatic N) is 2. The fraction of sp³-hybridized carbons (Fsp3) is 0.290. The fourth-order valence-corrected chi connectivity index (χ4v) is 4.78. The van der Waals surface area contributed by atoms with Gasteiger partial charge in [0.2, 0.25) is 0 Å². The molecule has 1 heterocycles. The van der Waals surface area contributed by atoms with Crippen molar-refractivity contribution in [2.24, 2.45) is 0 Å². The van der Waals surface area contributed by atoms with Crippen molar-refractivity contribution in [3.63, 3.8) is 0 Å². The third kappa shape index (κ3) is 5.24. The smallest absolute Gasteiger partial charge is 0.300 e. The zero-order chi connectivity index (χ0) is 26.5. The zero-order valence-electron chi connectivity index (χ0n) is 21.9. The Kier molecular flexibility index (Phi) is 7.97. The van der Waals surface area contributed by atoms with Crippen molar-refractivity contribution in [1.82, 2.24) is 0 Å². The molecule has 6 heteroatoms. The summed E-state index contributed by atoms with van der Waals surface area (Å²) in [4.78, 5) is 30.6. The largest absolute Gasteiger partial charge is 0.507 e. The highest BCUT2D eigenvalue weighted by molar-refractivity contribution is 6.51. The second kappa shape index (κ2) is 11.3. The molecule has 0 aliphatic carbocycles. The number of anilines is 2. The van der Waals surface area contributed by atoms with Gasteiger partial charge in [-0.2, -0.15) is 0 Å². The van der Waals surface area contributed by atoms with Gasteiger partial charge in [-0.25, -0.2) is 0 Å². The molecule has 0 radical (unpaired) electrons. The maximum Gasteiger partial charge on any atom is 0.300 e. The second-order valence-corrected chi connectivity index (χ2v) is 9.15. The number of amides is 1. The molecule has 1 amide bonds. The van der Waals surface area contributed by atoms with Gasteiger partial charge in [0.25, 0.3) is 11.7 Å². The van der Waals surface area contributed by atoms with Crippen LogP contribution in [0.3, 0.4) is 0 Å². The first-order valence-corrected chi connectivity index (χ1v) is 12.8. The van der Waals surface area contributed by atoms with Gasteiger partial charge in [-0.3, -0.25) is 14.5 Å². The summed E-state index contributed by atoms with van der Waals surface area (Å²) in [6.45, 7) is 10.4. The summed E-state index contributed by atoms with van der Waals surface area (Å²) < 4.78 is 5.72. The molecule has 0 bridgehead atoms. The first kappa shape index (κ1) is 26.0. The van der Waals surface area contributed by atoms with Gasteiger partial charge in [0.15, 0.2) is 0 Å². The molecule has 3 aromatic rings. The molecule has 0 saturated carbocycles. The summed E-state index contributed by atoms with van der Waals surface area (Å²) in [5.74, 6) is -0.993. The highest BCUT2D eigenvalue weighted by Gasteiger charge is 2.47. The monoisotopic (exact) mass is 498 g/mol. The number of Topliss-reactive ketones (excluding diaryl/α,β-unsaturated/α-hetero) is 1. The number of ketones is 1. The highest BCUT2D eigenvalue weighted by Crippen LogP contribution is 2.43. The van der Waals surface area contributed by atoms with Crippen LogP contribution in [0.5, 0.6) is 5.75 Å². The van der Waals surface area contributed by atoms with E-state index >= 15 is 0 Å². The number of aliphatic hydroxyl groups excluding tert-OH is 1. The number of aliphatic hydroxyl groups is 1. The molecule has 192 valence electrons. The summed E-state index contributed by atoms with van der Waals surface area (Å²) in [6.07, 6.45) is 0.849. The van der Waals surface area contributed by atoms with Gasteiger partial charge in [-0.1, -0.05) is 48.9 Å². The van der Waals surface area contributed by atoms with Crippen LogP contribution in [0.4, 0.5) is 11.4 Å². The Morgan fingerprint density at radius 3 is 2.30 bits per heavy atom. The van der Waals surface area contributed by atoms with Gasteiger partial charge in [-0.15, -0.1) is 0 Å². The van der Waals surface area contributed by atoms with Crippen molar-refractivity contribution < 1.29 is 19.4 Å². The van der Waals surface area contributed by atoms with E-state index in [1.54, 1.807) is 24.3 Å². The molecular weight excluding hydrogens is 464 g/mol. The molecule has 0 aromatic heterocycles. The van der Waals surface area contributed by atoms with Crippen LogP contribution in [-0.2, 0) is 9.59 Å². The average molecular weight is 499 g/mol. The maximum atomic E-state index is 13.5. The normalized spacial score (nSPS) is 16.8. The third-order valence-electron chi connectivity index (χ3n) is 6.64. The van der Waals surface area contributed by atoms with E-state index in [-0.39, 0.29) is 11.3 Å². The van der Waals surface area contributed by atoms with Crippen LogP contribution in [0.25, 0.3) is 5.76 Å². The number of carbonyl (C=O) groups excluding carboxylic acids is 2. The molecule has 4 rings (SSSR count). The van der Waals surface area contributed by atoms with E-state index in [0.29, 0.717) is 23.6 Å². The Morgan fingerprint density at radius 1 is 0.946 bits per heavy atom. The van der Waals surface area contributed by atoms with Crippen LogP contribution in [0.1, 0.15) is 49.9 Å². The Labute approximate surface area is 218 Å². The molecule has 1 saturated heterocycles. The summed E-state index contributed by atoms with van der Waals surface area (Å²) >= 11 is 0. The first-order chi connectivity index (χ1) is 17.9. The number of rotatable bonds is 9.